The molecule has 0 heterocycles. The Kier molecular flexibility index (Phi) is 3.86. The summed E-state index contributed by atoms with van der Waals surface area (Å²) < 4.78 is 0. The van der Waals surface area contributed by atoms with E-state index < -0.39 is 0 Å². The second kappa shape index (κ2) is 4.97. The average Bonchev–Trinajstić information content (AvgIpc) is 2.09. The molecule has 1 aliphatic rings. The minimum atomic E-state index is 1.12. The maximum atomic E-state index is 4.07. The summed E-state index contributed by atoms with van der Waals surface area (Å²) in [7, 11) is 0. The van der Waals surface area contributed by atoms with Gasteiger partial charge in [0.1, 0.15) is 0 Å². The van der Waals surface area contributed by atoms with Crippen LogP contribution in [0, 0.1) is 0 Å². The predicted molar refractivity (Wildman–Crippen MR) is 55.1 cm³/mol. The van der Waals surface area contributed by atoms with Crippen molar-refractivity contribution in [3.05, 3.63) is 36.0 Å². The lowest BCUT2D eigenvalue weighted by molar-refractivity contribution is 0.681. The normalized spacial score (nSPS) is 22.4. The molecule has 12 heavy (non-hydrogen) atoms. The van der Waals surface area contributed by atoms with Crippen LogP contribution in [-0.2, 0) is 0 Å². The second-order valence-corrected chi connectivity index (χ2v) is 3.34. The summed E-state index contributed by atoms with van der Waals surface area (Å²) in [4.78, 5) is 0. The summed E-state index contributed by atoms with van der Waals surface area (Å²) in [5.74, 6) is 0. The van der Waals surface area contributed by atoms with E-state index in [0.717, 1.165) is 6.42 Å². The molecule has 0 nitrogen and oxygen atoms in total. The van der Waals surface area contributed by atoms with Gasteiger partial charge < -0.3 is 0 Å². The molecule has 0 heteroatoms. The molecule has 1 saturated carbocycles. The summed E-state index contributed by atoms with van der Waals surface area (Å²) >= 11 is 0. The largest absolute Gasteiger partial charge is 0.0956 e. The Hall–Kier alpha value is -0.780. The summed E-state index contributed by atoms with van der Waals surface area (Å²) in [5, 5.41) is 0. The van der Waals surface area contributed by atoms with Crippen molar-refractivity contribution in [2.24, 2.45) is 0 Å². The molecule has 1 aliphatic carbocycles. The van der Waals surface area contributed by atoms with Gasteiger partial charge in [-0.05, 0) is 37.7 Å². The van der Waals surface area contributed by atoms with E-state index in [0.29, 0.717) is 0 Å². The molecular formula is C12H18. The van der Waals surface area contributed by atoms with Crippen molar-refractivity contribution in [3.63, 3.8) is 0 Å². The van der Waals surface area contributed by atoms with Crippen LogP contribution in [0.4, 0.5) is 0 Å². The molecule has 1 fully saturated rings. The maximum Gasteiger partial charge on any atom is -0.0276 e. The van der Waals surface area contributed by atoms with E-state index in [-0.39, 0.29) is 0 Å². The van der Waals surface area contributed by atoms with Gasteiger partial charge in [0.05, 0.1) is 0 Å². The molecule has 66 valence electrons. The van der Waals surface area contributed by atoms with Crippen LogP contribution in [-0.4, -0.2) is 0 Å². The van der Waals surface area contributed by atoms with Crippen LogP contribution in [0.5, 0.6) is 0 Å². The first-order valence-electron chi connectivity index (χ1n) is 4.88. The van der Waals surface area contributed by atoms with Crippen LogP contribution in [0.3, 0.4) is 0 Å². The third kappa shape index (κ3) is 2.69. The summed E-state index contributed by atoms with van der Waals surface area (Å²) in [6.07, 6.45) is 12.8. The average molecular weight is 162 g/mol. The molecule has 0 saturated heterocycles. The molecule has 0 atom stereocenters. The fourth-order valence-corrected chi connectivity index (χ4v) is 1.51. The SMILES string of the molecule is C=C1CCCC/C1=C/C=CCC. The third-order valence-corrected chi connectivity index (χ3v) is 2.30. The molecule has 1 rings (SSSR count). The standard InChI is InChI=1S/C12H18/c1-3-4-5-9-12-10-7-6-8-11(12)2/h4-5,9H,2-3,6-8,10H2,1H3/b5-4?,12-9-. The highest BCUT2D eigenvalue weighted by molar-refractivity contribution is 5.32. The Balaban J connectivity index is 2.53. The Morgan fingerprint density at radius 1 is 1.33 bits per heavy atom. The topological polar surface area (TPSA) is 0 Å². The van der Waals surface area contributed by atoms with Crippen LogP contribution in [0.25, 0.3) is 0 Å². The van der Waals surface area contributed by atoms with Crippen LogP contribution >= 0.6 is 0 Å². The van der Waals surface area contributed by atoms with E-state index in [1.165, 1.54) is 36.8 Å². The van der Waals surface area contributed by atoms with E-state index in [1.54, 1.807) is 0 Å². The highest BCUT2D eigenvalue weighted by Gasteiger charge is 2.07. The Bertz CT molecular complexity index is 206. The van der Waals surface area contributed by atoms with E-state index in [1.807, 2.05) is 0 Å². The Morgan fingerprint density at radius 3 is 2.75 bits per heavy atom. The van der Waals surface area contributed by atoms with E-state index in [2.05, 4.69) is 31.7 Å². The van der Waals surface area contributed by atoms with Gasteiger partial charge >= 0.3 is 0 Å². The number of rotatable bonds is 2. The van der Waals surface area contributed by atoms with Crippen molar-refractivity contribution >= 4 is 0 Å². The van der Waals surface area contributed by atoms with E-state index in [9.17, 15) is 0 Å². The summed E-state index contributed by atoms with van der Waals surface area (Å²) in [6.45, 7) is 6.23. The molecule has 0 spiro atoms. The molecule has 0 aromatic carbocycles. The molecule has 0 N–H and O–H groups in total. The molecular weight excluding hydrogens is 144 g/mol. The lowest BCUT2D eigenvalue weighted by Crippen LogP contribution is -1.96. The highest BCUT2D eigenvalue weighted by atomic mass is 14.1. The molecule has 0 bridgehead atoms. The Morgan fingerprint density at radius 2 is 2.08 bits per heavy atom. The number of hydrogen-bond acceptors (Lipinski definition) is 0. The van der Waals surface area contributed by atoms with Gasteiger partial charge in [-0.3, -0.25) is 0 Å². The van der Waals surface area contributed by atoms with Crippen molar-refractivity contribution in [2.45, 2.75) is 39.0 Å². The fourth-order valence-electron chi connectivity index (χ4n) is 1.51. The van der Waals surface area contributed by atoms with Crippen molar-refractivity contribution in [3.8, 4) is 0 Å². The summed E-state index contributed by atoms with van der Waals surface area (Å²) in [6, 6.07) is 0. The molecule has 0 amide bonds. The third-order valence-electron chi connectivity index (χ3n) is 2.30. The quantitative estimate of drug-likeness (QED) is 0.575. The van der Waals surface area contributed by atoms with E-state index >= 15 is 0 Å². The first-order valence-corrected chi connectivity index (χ1v) is 4.88. The summed E-state index contributed by atoms with van der Waals surface area (Å²) in [5.41, 5.74) is 2.81. The second-order valence-electron chi connectivity index (χ2n) is 3.34. The highest BCUT2D eigenvalue weighted by Crippen LogP contribution is 2.26. The van der Waals surface area contributed by atoms with Crippen LogP contribution < -0.4 is 0 Å². The van der Waals surface area contributed by atoms with Gasteiger partial charge in [0.25, 0.3) is 0 Å². The maximum absolute atomic E-state index is 4.07. The van der Waals surface area contributed by atoms with Gasteiger partial charge in [0, 0.05) is 0 Å². The zero-order valence-corrected chi connectivity index (χ0v) is 7.97. The van der Waals surface area contributed by atoms with Crippen molar-refractivity contribution in [1.29, 1.82) is 0 Å². The van der Waals surface area contributed by atoms with Gasteiger partial charge in [0.15, 0.2) is 0 Å². The van der Waals surface area contributed by atoms with Gasteiger partial charge in [-0.1, -0.05) is 37.3 Å². The number of allylic oxidation sites excluding steroid dienone is 5. The first-order chi connectivity index (χ1) is 5.84. The van der Waals surface area contributed by atoms with Gasteiger partial charge in [-0.15, -0.1) is 0 Å². The molecule has 0 aliphatic heterocycles. The monoisotopic (exact) mass is 162 g/mol. The molecule has 0 radical (unpaired) electrons. The van der Waals surface area contributed by atoms with Gasteiger partial charge in [-0.2, -0.15) is 0 Å². The lowest BCUT2D eigenvalue weighted by Gasteiger charge is -2.15. The van der Waals surface area contributed by atoms with Crippen LogP contribution in [0.15, 0.2) is 36.0 Å². The minimum Gasteiger partial charge on any atom is -0.0956 e. The Labute approximate surface area is 75.7 Å². The van der Waals surface area contributed by atoms with Crippen molar-refractivity contribution in [2.75, 3.05) is 0 Å². The predicted octanol–water partition coefficient (Wildman–Crippen LogP) is 4.01. The number of hydrogen-bond donors (Lipinski definition) is 0. The molecule has 0 unspecified atom stereocenters. The van der Waals surface area contributed by atoms with Crippen molar-refractivity contribution in [1.82, 2.24) is 0 Å². The smallest absolute Gasteiger partial charge is 0.0276 e. The van der Waals surface area contributed by atoms with Gasteiger partial charge in [-0.25, -0.2) is 0 Å². The van der Waals surface area contributed by atoms with Crippen molar-refractivity contribution < 1.29 is 0 Å². The van der Waals surface area contributed by atoms with Crippen LogP contribution in [0.1, 0.15) is 39.0 Å². The lowest BCUT2D eigenvalue weighted by atomic mass is 9.90. The van der Waals surface area contributed by atoms with E-state index in [4.69, 9.17) is 0 Å². The molecule has 0 aromatic heterocycles. The first kappa shape index (κ1) is 9.31. The molecule has 0 aromatic rings. The fraction of sp³-hybridized carbons (Fsp3) is 0.500. The van der Waals surface area contributed by atoms with Gasteiger partial charge in [0.2, 0.25) is 0 Å². The zero-order chi connectivity index (χ0) is 8.81. The minimum absolute atomic E-state index is 1.12. The zero-order valence-electron chi connectivity index (χ0n) is 7.97. The van der Waals surface area contributed by atoms with Crippen LogP contribution in [0.2, 0.25) is 0 Å².